The number of esters is 1. The smallest absolute Gasteiger partial charge is 0.342 e. The number of carbonyl (C=O) groups excluding carboxylic acids is 1. The van der Waals surface area contributed by atoms with E-state index in [4.69, 9.17) is 13.9 Å². The van der Waals surface area contributed by atoms with Gasteiger partial charge in [-0.3, -0.25) is 10.1 Å². The van der Waals surface area contributed by atoms with E-state index in [1.165, 1.54) is 42.5 Å². The summed E-state index contributed by atoms with van der Waals surface area (Å²) >= 11 is 0. The van der Waals surface area contributed by atoms with Gasteiger partial charge in [0, 0.05) is 10.9 Å². The molecule has 0 atom stereocenters. The molecular weight excluding hydrogens is 429 g/mol. The van der Waals surface area contributed by atoms with E-state index in [1.807, 2.05) is 0 Å². The highest BCUT2D eigenvalue weighted by Gasteiger charge is 2.26. The first kappa shape index (κ1) is 21.8. The minimum absolute atomic E-state index is 0.149. The zero-order valence-corrected chi connectivity index (χ0v) is 17.5. The molecule has 0 N–H and O–H groups in total. The molecule has 7 nitrogen and oxygen atoms in total. The Morgan fingerprint density at radius 3 is 2.33 bits per heavy atom. The maximum atomic E-state index is 13.1. The molecule has 0 fully saturated rings. The highest BCUT2D eigenvalue weighted by molar-refractivity contribution is 6.09. The number of fused-ring (bicyclic) bond motifs is 1. The largest absolute Gasteiger partial charge is 0.462 e. The lowest BCUT2D eigenvalue weighted by Crippen LogP contribution is -2.05. The second kappa shape index (κ2) is 8.96. The fourth-order valence-electron chi connectivity index (χ4n) is 3.39. The summed E-state index contributed by atoms with van der Waals surface area (Å²) in [6.07, 6.45) is 1.35. The van der Waals surface area contributed by atoms with Crippen LogP contribution in [0.15, 0.2) is 71.7 Å². The Balaban J connectivity index is 1.79. The van der Waals surface area contributed by atoms with Gasteiger partial charge in [-0.1, -0.05) is 12.7 Å². The van der Waals surface area contributed by atoms with Crippen LogP contribution >= 0.6 is 0 Å². The topological polar surface area (TPSA) is 91.8 Å². The first-order valence-corrected chi connectivity index (χ1v) is 9.99. The van der Waals surface area contributed by atoms with Crippen molar-refractivity contribution in [1.29, 1.82) is 0 Å². The third kappa shape index (κ3) is 4.31. The summed E-state index contributed by atoms with van der Waals surface area (Å²) < 4.78 is 29.9. The third-order valence-corrected chi connectivity index (χ3v) is 4.90. The number of benzene rings is 3. The predicted octanol–water partition coefficient (Wildman–Crippen LogP) is 6.76. The van der Waals surface area contributed by atoms with E-state index >= 15 is 0 Å². The normalized spacial score (nSPS) is 10.7. The molecule has 0 saturated carbocycles. The molecule has 0 radical (unpaired) electrons. The van der Waals surface area contributed by atoms with Crippen LogP contribution in [-0.4, -0.2) is 17.5 Å². The number of halogens is 1. The van der Waals surface area contributed by atoms with Gasteiger partial charge in [-0.05, 0) is 61.5 Å². The molecule has 0 bridgehead atoms. The minimum Gasteiger partial charge on any atom is -0.462 e. The van der Waals surface area contributed by atoms with Crippen LogP contribution in [0.5, 0.6) is 11.5 Å². The van der Waals surface area contributed by atoms with Gasteiger partial charge in [-0.2, -0.15) is 0 Å². The quantitative estimate of drug-likeness (QED) is 0.177. The number of hydrogen-bond donors (Lipinski definition) is 0. The first-order chi connectivity index (χ1) is 15.9. The molecule has 8 heteroatoms. The lowest BCUT2D eigenvalue weighted by Gasteiger charge is -2.07. The molecule has 3 aromatic carbocycles. The molecule has 0 unspecified atom stereocenters. The summed E-state index contributed by atoms with van der Waals surface area (Å²) in [5.41, 5.74) is 0.960. The van der Waals surface area contributed by atoms with Crippen LogP contribution in [0.2, 0.25) is 0 Å². The fraction of sp³-hybridized carbons (Fsp3) is 0.0800. The van der Waals surface area contributed by atoms with Gasteiger partial charge in [-0.25, -0.2) is 9.18 Å². The van der Waals surface area contributed by atoms with Crippen molar-refractivity contribution in [3.8, 4) is 22.8 Å². The average molecular weight is 447 g/mol. The monoisotopic (exact) mass is 447 g/mol. The molecule has 1 aromatic heterocycles. The van der Waals surface area contributed by atoms with E-state index in [2.05, 4.69) is 6.58 Å². The molecule has 4 rings (SSSR count). The standard InChI is InChI=1S/C25H18FNO6/c1-3-15-13-20-22(14-21(15)27(29)30)33-24(23(20)25(28)31-4-2)16-5-9-18(10-6-16)32-19-11-7-17(26)8-12-19/h3,5-14H,1,4H2,2H3. The number of hydrogen-bond acceptors (Lipinski definition) is 6. The van der Waals surface area contributed by atoms with Gasteiger partial charge in [0.25, 0.3) is 5.69 Å². The van der Waals surface area contributed by atoms with Gasteiger partial charge < -0.3 is 13.9 Å². The maximum absolute atomic E-state index is 13.1. The summed E-state index contributed by atoms with van der Waals surface area (Å²) in [5, 5.41) is 11.8. The Bertz CT molecular complexity index is 1360. The number of nitro benzene ring substituents is 1. The second-order valence-electron chi connectivity index (χ2n) is 6.98. The first-order valence-electron chi connectivity index (χ1n) is 9.99. The van der Waals surface area contributed by atoms with E-state index in [0.717, 1.165) is 0 Å². The number of furan rings is 1. The summed E-state index contributed by atoms with van der Waals surface area (Å²) in [6.45, 7) is 5.45. The zero-order valence-electron chi connectivity index (χ0n) is 17.5. The van der Waals surface area contributed by atoms with Crippen molar-refractivity contribution >= 4 is 28.7 Å². The Labute approximate surface area is 187 Å². The molecule has 166 valence electrons. The Morgan fingerprint density at radius 1 is 1.12 bits per heavy atom. The number of nitrogens with zero attached hydrogens (tertiary/aromatic N) is 1. The van der Waals surface area contributed by atoms with Gasteiger partial charge in [-0.15, -0.1) is 0 Å². The molecule has 0 aliphatic carbocycles. The summed E-state index contributed by atoms with van der Waals surface area (Å²) in [5.74, 6) is 0.191. The predicted molar refractivity (Wildman–Crippen MR) is 121 cm³/mol. The van der Waals surface area contributed by atoms with Crippen LogP contribution in [0.25, 0.3) is 28.4 Å². The maximum Gasteiger partial charge on any atom is 0.342 e. The Kier molecular flexibility index (Phi) is 5.91. The van der Waals surface area contributed by atoms with E-state index in [1.54, 1.807) is 31.2 Å². The molecule has 0 aliphatic heterocycles. The molecule has 0 saturated heterocycles. The van der Waals surface area contributed by atoms with Gasteiger partial charge in [0.1, 0.15) is 34.2 Å². The number of rotatable bonds is 7. The van der Waals surface area contributed by atoms with Crippen molar-refractivity contribution in [3.63, 3.8) is 0 Å². The van der Waals surface area contributed by atoms with Crippen LogP contribution < -0.4 is 4.74 Å². The van der Waals surface area contributed by atoms with Crippen molar-refractivity contribution in [2.75, 3.05) is 6.61 Å². The highest BCUT2D eigenvalue weighted by Crippen LogP contribution is 2.38. The molecule has 0 amide bonds. The molecule has 0 spiro atoms. The lowest BCUT2D eigenvalue weighted by molar-refractivity contribution is -0.385. The van der Waals surface area contributed by atoms with Crippen molar-refractivity contribution in [1.82, 2.24) is 0 Å². The van der Waals surface area contributed by atoms with Crippen LogP contribution in [0, 0.1) is 15.9 Å². The van der Waals surface area contributed by atoms with Crippen molar-refractivity contribution < 1.29 is 28.0 Å². The van der Waals surface area contributed by atoms with Gasteiger partial charge in [0.2, 0.25) is 0 Å². The van der Waals surface area contributed by atoms with Gasteiger partial charge >= 0.3 is 5.97 Å². The fourth-order valence-corrected chi connectivity index (χ4v) is 3.39. The average Bonchev–Trinajstić information content (AvgIpc) is 3.18. The van der Waals surface area contributed by atoms with E-state index in [9.17, 15) is 19.3 Å². The molecular formula is C25H18FNO6. The summed E-state index contributed by atoms with van der Waals surface area (Å²) in [4.78, 5) is 23.7. The highest BCUT2D eigenvalue weighted by atomic mass is 19.1. The number of nitro groups is 1. The zero-order chi connectivity index (χ0) is 23.5. The Morgan fingerprint density at radius 2 is 1.76 bits per heavy atom. The van der Waals surface area contributed by atoms with Crippen molar-refractivity contribution in [3.05, 3.63) is 94.3 Å². The van der Waals surface area contributed by atoms with Gasteiger partial charge in [0.05, 0.1) is 23.2 Å². The summed E-state index contributed by atoms with van der Waals surface area (Å²) in [6, 6.07) is 15.1. The molecule has 33 heavy (non-hydrogen) atoms. The molecule has 1 heterocycles. The molecule has 4 aromatic rings. The SMILES string of the molecule is C=Cc1cc2c(C(=O)OCC)c(-c3ccc(Oc4ccc(F)cc4)cc3)oc2cc1[N+](=O)[O-]. The van der Waals surface area contributed by atoms with Gasteiger partial charge in [0.15, 0.2) is 0 Å². The second-order valence-corrected chi connectivity index (χ2v) is 6.98. The van der Waals surface area contributed by atoms with E-state index in [0.29, 0.717) is 22.4 Å². The van der Waals surface area contributed by atoms with Crippen molar-refractivity contribution in [2.45, 2.75) is 6.92 Å². The van der Waals surface area contributed by atoms with Crippen LogP contribution in [0.3, 0.4) is 0 Å². The van der Waals surface area contributed by atoms with Crippen LogP contribution in [0.1, 0.15) is 22.8 Å². The van der Waals surface area contributed by atoms with Crippen LogP contribution in [-0.2, 0) is 4.74 Å². The third-order valence-electron chi connectivity index (χ3n) is 4.90. The number of carbonyl (C=O) groups is 1. The van der Waals surface area contributed by atoms with E-state index < -0.39 is 10.9 Å². The minimum atomic E-state index is -0.609. The van der Waals surface area contributed by atoms with Crippen molar-refractivity contribution in [2.24, 2.45) is 0 Å². The molecule has 0 aliphatic rings. The van der Waals surface area contributed by atoms with Crippen LogP contribution in [0.4, 0.5) is 10.1 Å². The summed E-state index contributed by atoms with van der Waals surface area (Å²) in [7, 11) is 0. The lowest BCUT2D eigenvalue weighted by atomic mass is 10.0. The Hall–Kier alpha value is -4.46. The number of ether oxygens (including phenoxy) is 2. The van der Waals surface area contributed by atoms with E-state index in [-0.39, 0.29) is 40.6 Å².